The average molecular weight is 248 g/mol. The molecule has 0 aliphatic carbocycles. The normalized spacial score (nSPS) is 21.5. The topological polar surface area (TPSA) is 24.5 Å². The first kappa shape index (κ1) is 13.4. The molecule has 1 saturated heterocycles. The second kappa shape index (κ2) is 5.72. The van der Waals surface area contributed by atoms with Crippen LogP contribution in [0, 0.1) is 0 Å². The van der Waals surface area contributed by atoms with Crippen molar-refractivity contribution >= 4 is 5.69 Å². The average Bonchev–Trinajstić information content (AvgIpc) is 2.36. The molecular formula is C15H24N2O. The van der Waals surface area contributed by atoms with Gasteiger partial charge >= 0.3 is 0 Å². The monoisotopic (exact) mass is 248 g/mol. The van der Waals surface area contributed by atoms with Crippen LogP contribution in [0.3, 0.4) is 0 Å². The fraction of sp³-hybridized carbons (Fsp3) is 0.600. The van der Waals surface area contributed by atoms with E-state index in [0.717, 1.165) is 26.2 Å². The molecule has 0 amide bonds. The maximum Gasteiger partial charge on any atom is 0.0753 e. The fourth-order valence-electron chi connectivity index (χ4n) is 2.38. The van der Waals surface area contributed by atoms with E-state index < -0.39 is 0 Å². The van der Waals surface area contributed by atoms with Crippen LogP contribution in [0.15, 0.2) is 30.3 Å². The van der Waals surface area contributed by atoms with E-state index in [1.165, 1.54) is 5.69 Å². The Labute approximate surface area is 110 Å². The van der Waals surface area contributed by atoms with Crippen molar-refractivity contribution in [2.24, 2.45) is 0 Å². The van der Waals surface area contributed by atoms with E-state index in [1.54, 1.807) is 0 Å². The van der Waals surface area contributed by atoms with Gasteiger partial charge in [0.05, 0.1) is 12.2 Å². The van der Waals surface area contributed by atoms with Crippen LogP contribution in [0.5, 0.6) is 0 Å². The summed E-state index contributed by atoms with van der Waals surface area (Å²) < 4.78 is 5.75. The molecule has 0 radical (unpaired) electrons. The first-order chi connectivity index (χ1) is 8.57. The molecule has 1 aliphatic heterocycles. The molecule has 100 valence electrons. The summed E-state index contributed by atoms with van der Waals surface area (Å²) in [5.41, 5.74) is 1.18. The van der Waals surface area contributed by atoms with Crippen LogP contribution in [0.1, 0.15) is 20.8 Å². The van der Waals surface area contributed by atoms with Crippen molar-refractivity contribution in [2.45, 2.75) is 32.4 Å². The Morgan fingerprint density at radius 3 is 2.72 bits per heavy atom. The minimum Gasteiger partial charge on any atom is -0.383 e. The number of hydrogen-bond donors (Lipinski definition) is 1. The molecule has 0 spiro atoms. The minimum absolute atomic E-state index is 0.0146. The Kier molecular flexibility index (Phi) is 4.25. The summed E-state index contributed by atoms with van der Waals surface area (Å²) >= 11 is 0. The molecule has 1 fully saturated rings. The smallest absolute Gasteiger partial charge is 0.0753 e. The molecule has 0 aromatic heterocycles. The number of benzene rings is 1. The van der Waals surface area contributed by atoms with Gasteiger partial charge in [0.25, 0.3) is 0 Å². The maximum absolute atomic E-state index is 5.75. The van der Waals surface area contributed by atoms with Crippen molar-refractivity contribution in [3.8, 4) is 0 Å². The molecule has 3 nitrogen and oxygen atoms in total. The van der Waals surface area contributed by atoms with Gasteiger partial charge in [-0.3, -0.25) is 4.90 Å². The number of para-hydroxylation sites is 1. The number of rotatable bonds is 4. The first-order valence-electron chi connectivity index (χ1n) is 6.74. The van der Waals surface area contributed by atoms with Gasteiger partial charge in [-0.05, 0) is 32.9 Å². The molecule has 1 unspecified atom stereocenters. The Balaban J connectivity index is 1.83. The van der Waals surface area contributed by atoms with Crippen molar-refractivity contribution in [3.63, 3.8) is 0 Å². The molecule has 1 aromatic carbocycles. The highest BCUT2D eigenvalue weighted by Gasteiger charge is 2.29. The summed E-state index contributed by atoms with van der Waals surface area (Å²) in [5, 5.41) is 3.49. The SMILES string of the molecule is CC(CNc1ccccc1)N1CCOC(C)(C)C1. The maximum atomic E-state index is 5.75. The summed E-state index contributed by atoms with van der Waals surface area (Å²) in [4.78, 5) is 2.50. The van der Waals surface area contributed by atoms with Crippen LogP contribution in [0.2, 0.25) is 0 Å². The van der Waals surface area contributed by atoms with Gasteiger partial charge in [0.2, 0.25) is 0 Å². The van der Waals surface area contributed by atoms with Gasteiger partial charge in [0.15, 0.2) is 0 Å². The van der Waals surface area contributed by atoms with Gasteiger partial charge in [0.1, 0.15) is 0 Å². The van der Waals surface area contributed by atoms with Crippen LogP contribution in [-0.4, -0.2) is 42.8 Å². The second-order valence-electron chi connectivity index (χ2n) is 5.67. The number of nitrogens with zero attached hydrogens (tertiary/aromatic N) is 1. The Hall–Kier alpha value is -1.06. The molecule has 18 heavy (non-hydrogen) atoms. The molecule has 1 aliphatic rings. The third kappa shape index (κ3) is 3.72. The van der Waals surface area contributed by atoms with Crippen LogP contribution in [0.25, 0.3) is 0 Å². The molecule has 2 rings (SSSR count). The van der Waals surface area contributed by atoms with E-state index in [0.29, 0.717) is 6.04 Å². The zero-order valence-corrected chi connectivity index (χ0v) is 11.6. The molecule has 1 heterocycles. The third-order valence-corrected chi connectivity index (χ3v) is 3.45. The number of morpholine rings is 1. The number of ether oxygens (including phenoxy) is 1. The highest BCUT2D eigenvalue weighted by molar-refractivity contribution is 5.42. The minimum atomic E-state index is -0.0146. The number of hydrogen-bond acceptors (Lipinski definition) is 3. The van der Waals surface area contributed by atoms with E-state index in [1.807, 2.05) is 6.07 Å². The lowest BCUT2D eigenvalue weighted by atomic mass is 10.1. The molecule has 1 atom stereocenters. The zero-order valence-electron chi connectivity index (χ0n) is 11.6. The predicted octanol–water partition coefficient (Wildman–Crippen LogP) is 2.60. The van der Waals surface area contributed by atoms with E-state index in [-0.39, 0.29) is 5.60 Å². The van der Waals surface area contributed by atoms with Crippen molar-refractivity contribution < 1.29 is 4.74 Å². The van der Waals surface area contributed by atoms with Gasteiger partial charge in [-0.15, -0.1) is 0 Å². The Morgan fingerprint density at radius 2 is 2.06 bits per heavy atom. The fourth-order valence-corrected chi connectivity index (χ4v) is 2.38. The summed E-state index contributed by atoms with van der Waals surface area (Å²) in [7, 11) is 0. The van der Waals surface area contributed by atoms with Crippen molar-refractivity contribution in [1.82, 2.24) is 4.90 Å². The van der Waals surface area contributed by atoms with Crippen molar-refractivity contribution in [1.29, 1.82) is 0 Å². The lowest BCUT2D eigenvalue weighted by molar-refractivity contribution is -0.0940. The van der Waals surface area contributed by atoms with E-state index in [4.69, 9.17) is 4.74 Å². The number of anilines is 1. The van der Waals surface area contributed by atoms with Crippen molar-refractivity contribution in [3.05, 3.63) is 30.3 Å². The highest BCUT2D eigenvalue weighted by Crippen LogP contribution is 2.18. The highest BCUT2D eigenvalue weighted by atomic mass is 16.5. The Bertz CT molecular complexity index is 364. The summed E-state index contributed by atoms with van der Waals surface area (Å²) in [6, 6.07) is 10.9. The lowest BCUT2D eigenvalue weighted by Crippen LogP contribution is -2.52. The van der Waals surface area contributed by atoms with Gasteiger partial charge in [-0.2, -0.15) is 0 Å². The van der Waals surface area contributed by atoms with Crippen LogP contribution in [0.4, 0.5) is 5.69 Å². The van der Waals surface area contributed by atoms with Gasteiger partial charge < -0.3 is 10.1 Å². The van der Waals surface area contributed by atoms with E-state index in [2.05, 4.69) is 55.3 Å². The third-order valence-electron chi connectivity index (χ3n) is 3.45. The number of nitrogens with one attached hydrogen (secondary N) is 1. The van der Waals surface area contributed by atoms with E-state index >= 15 is 0 Å². The second-order valence-corrected chi connectivity index (χ2v) is 5.67. The largest absolute Gasteiger partial charge is 0.383 e. The van der Waals surface area contributed by atoms with Crippen LogP contribution < -0.4 is 5.32 Å². The zero-order chi connectivity index (χ0) is 13.0. The molecule has 0 bridgehead atoms. The molecule has 1 N–H and O–H groups in total. The first-order valence-corrected chi connectivity index (χ1v) is 6.74. The standard InChI is InChI=1S/C15H24N2O/c1-13(11-16-14-7-5-4-6-8-14)17-9-10-18-15(2,3)12-17/h4-8,13,16H,9-12H2,1-3H3. The Morgan fingerprint density at radius 1 is 1.33 bits per heavy atom. The molecule has 1 aromatic rings. The van der Waals surface area contributed by atoms with Crippen LogP contribution >= 0.6 is 0 Å². The van der Waals surface area contributed by atoms with Gasteiger partial charge in [0, 0.05) is 31.4 Å². The van der Waals surface area contributed by atoms with Crippen molar-refractivity contribution in [2.75, 3.05) is 31.6 Å². The van der Waals surface area contributed by atoms with Gasteiger partial charge in [-0.1, -0.05) is 18.2 Å². The molecular weight excluding hydrogens is 224 g/mol. The predicted molar refractivity (Wildman–Crippen MR) is 76.0 cm³/mol. The molecule has 3 heteroatoms. The summed E-state index contributed by atoms with van der Waals surface area (Å²) in [5.74, 6) is 0. The molecule has 0 saturated carbocycles. The van der Waals surface area contributed by atoms with E-state index in [9.17, 15) is 0 Å². The summed E-state index contributed by atoms with van der Waals surface area (Å²) in [6.07, 6.45) is 0. The lowest BCUT2D eigenvalue weighted by Gasteiger charge is -2.41. The van der Waals surface area contributed by atoms with Crippen LogP contribution in [-0.2, 0) is 4.74 Å². The summed E-state index contributed by atoms with van der Waals surface area (Å²) in [6.45, 7) is 10.4. The quantitative estimate of drug-likeness (QED) is 0.886. The van der Waals surface area contributed by atoms with Gasteiger partial charge in [-0.25, -0.2) is 0 Å².